The zero-order valence-electron chi connectivity index (χ0n) is 39.6. The molecule has 0 atom stereocenters. The Bertz CT molecular complexity index is 3140. The Hall–Kier alpha value is -8.58. The van der Waals surface area contributed by atoms with Gasteiger partial charge < -0.3 is 0 Å². The Morgan fingerprint density at radius 1 is 0.355 bits per heavy atom. The van der Waals surface area contributed by atoms with Crippen molar-refractivity contribution in [3.8, 4) is 17.2 Å². The summed E-state index contributed by atoms with van der Waals surface area (Å²) in [6, 6.07) is 64.6. The first kappa shape index (κ1) is 52.3. The van der Waals surface area contributed by atoms with Crippen molar-refractivity contribution in [3.63, 3.8) is 0 Å². The van der Waals surface area contributed by atoms with Crippen molar-refractivity contribution < 1.29 is 48.9 Å². The summed E-state index contributed by atoms with van der Waals surface area (Å²) in [4.78, 5) is 5.96. The van der Waals surface area contributed by atoms with Gasteiger partial charge in [0.2, 0.25) is 0 Å². The fourth-order valence-electron chi connectivity index (χ4n) is 9.02. The van der Waals surface area contributed by atoms with Gasteiger partial charge >= 0.3 is 434 Å². The molecule has 0 saturated carbocycles. The fourth-order valence-corrected chi connectivity index (χ4v) is 18.5. The van der Waals surface area contributed by atoms with Crippen molar-refractivity contribution in [2.24, 2.45) is 10.2 Å². The number of halogens is 6. The van der Waals surface area contributed by atoms with E-state index in [0.717, 1.165) is 0 Å². The topological polar surface area (TPSA) is 144 Å². The Labute approximate surface area is 432 Å². The van der Waals surface area contributed by atoms with Crippen LogP contribution in [0, 0.1) is 0 Å². The van der Waals surface area contributed by atoms with Crippen LogP contribution in [0.3, 0.4) is 0 Å². The maximum atomic E-state index is 15.0. The van der Waals surface area contributed by atoms with Crippen LogP contribution in [0.25, 0.3) is 20.9 Å². The van der Waals surface area contributed by atoms with Gasteiger partial charge in [-0.3, -0.25) is 0 Å². The third-order valence-electron chi connectivity index (χ3n) is 12.2. The summed E-state index contributed by atoms with van der Waals surface area (Å²) in [5.74, 6) is -0.873. The molecule has 0 spiro atoms. The first-order valence-electron chi connectivity index (χ1n) is 23.1. The van der Waals surface area contributed by atoms with Gasteiger partial charge in [0, 0.05) is 0 Å². The fraction of sp³-hybridized carbons (Fsp3) is 0.0357. The average Bonchev–Trinajstić information content (AvgIpc) is 3.63. The standard InChI is InChI=1S/C56H41BF6N6O5P2/c58-55(59,60)42-37-43(56(61,62)63)39-48(38-42)70-57(73-75(49-25-7-1-8-26-49,50-27-9-2-10-28-50,51-29-11-3-12-30-51)71-46-23-19-21-44(40-46)66-68-64)74-76(52-31-13-4-14-32-52,53-33-15-5-16-34-53,54-35-17-6-18-36-54)72-47-24-20-22-45(41-47)67-69-65/h1-41H. The van der Waals surface area contributed by atoms with Crippen LogP contribution < -0.4 is 45.5 Å². The summed E-state index contributed by atoms with van der Waals surface area (Å²) in [6.45, 7) is 0. The van der Waals surface area contributed by atoms with E-state index in [1.165, 1.54) is 24.3 Å². The molecule has 76 heavy (non-hydrogen) atoms. The summed E-state index contributed by atoms with van der Waals surface area (Å²) in [7, 11) is -13.7. The van der Waals surface area contributed by atoms with E-state index in [4.69, 9.17) is 22.6 Å². The molecule has 0 radical (unpaired) electrons. The van der Waals surface area contributed by atoms with Gasteiger partial charge in [-0.1, -0.05) is 0 Å². The van der Waals surface area contributed by atoms with Gasteiger partial charge in [0.15, 0.2) is 0 Å². The zero-order chi connectivity index (χ0) is 53.3. The van der Waals surface area contributed by atoms with Gasteiger partial charge in [-0.15, -0.1) is 0 Å². The van der Waals surface area contributed by atoms with Crippen LogP contribution in [0.5, 0.6) is 17.2 Å². The molecule has 9 aromatic rings. The Morgan fingerprint density at radius 3 is 0.908 bits per heavy atom. The van der Waals surface area contributed by atoms with Crippen molar-refractivity contribution in [1.82, 2.24) is 0 Å². The molecular formula is C56H41BF6N6O5P2. The van der Waals surface area contributed by atoms with Crippen LogP contribution in [-0.4, -0.2) is 7.32 Å². The summed E-state index contributed by atoms with van der Waals surface area (Å²) in [5, 5.41) is 9.49. The molecule has 20 heteroatoms. The second-order valence-corrected chi connectivity index (χ2v) is 24.6. The quantitative estimate of drug-likeness (QED) is 0.0210. The summed E-state index contributed by atoms with van der Waals surface area (Å²) < 4.78 is 127. The Balaban J connectivity index is 1.49. The molecule has 380 valence electrons. The summed E-state index contributed by atoms with van der Waals surface area (Å²) in [6.07, 6.45) is -10.6. The number of rotatable bonds is 18. The molecular weight excluding hydrogens is 1020 g/mol. The van der Waals surface area contributed by atoms with Gasteiger partial charge in [-0.25, -0.2) is 0 Å². The Morgan fingerprint density at radius 2 is 0.645 bits per heavy atom. The average molecular weight is 1060 g/mol. The number of hydrogen-bond donors (Lipinski definition) is 0. The van der Waals surface area contributed by atoms with Crippen molar-refractivity contribution >= 4 is 64.6 Å². The molecule has 0 aromatic heterocycles. The SMILES string of the molecule is [N-]=[N+]=Nc1cccc(OP(OB(Oc2cc(C(F)(F)F)cc(C(F)(F)F)c2)OP(Oc2cccc(N=[N+]=[N-])c2)(c2ccccc2)(c2ccccc2)c2ccccc2)(c2ccccc2)(c2ccccc2)c2ccccc2)c1. The third-order valence-corrected chi connectivity index (χ3v) is 21.9. The van der Waals surface area contributed by atoms with Crippen LogP contribution in [0.4, 0.5) is 37.7 Å². The van der Waals surface area contributed by atoms with Crippen LogP contribution in [0.2, 0.25) is 0 Å². The van der Waals surface area contributed by atoms with Crippen molar-refractivity contribution in [2.45, 2.75) is 12.4 Å². The monoisotopic (exact) mass is 1060 g/mol. The van der Waals surface area contributed by atoms with Crippen molar-refractivity contribution in [2.75, 3.05) is 0 Å². The molecule has 0 aliphatic heterocycles. The predicted octanol–water partition coefficient (Wildman–Crippen LogP) is 14.9. The van der Waals surface area contributed by atoms with Gasteiger partial charge in [-0.2, -0.15) is 0 Å². The van der Waals surface area contributed by atoms with Crippen LogP contribution in [0.15, 0.2) is 259 Å². The van der Waals surface area contributed by atoms with Gasteiger partial charge in [0.25, 0.3) is 0 Å². The second kappa shape index (κ2) is 21.3. The van der Waals surface area contributed by atoms with E-state index in [9.17, 15) is 37.4 Å². The molecule has 0 heterocycles. The van der Waals surface area contributed by atoms with Crippen LogP contribution in [0.1, 0.15) is 11.1 Å². The van der Waals surface area contributed by atoms with Gasteiger partial charge in [0.1, 0.15) is 0 Å². The molecule has 0 unspecified atom stereocenters. The molecule has 0 aliphatic rings. The van der Waals surface area contributed by atoms with E-state index >= 15 is 0 Å². The normalized spacial score (nSPS) is 12.8. The predicted molar refractivity (Wildman–Crippen MR) is 287 cm³/mol. The molecule has 0 fully saturated rings. The van der Waals surface area contributed by atoms with E-state index in [1.807, 2.05) is 0 Å². The number of benzene rings is 9. The molecule has 0 amide bonds. The number of nitrogens with zero attached hydrogens (tertiary/aromatic N) is 6. The molecule has 9 aromatic carbocycles. The van der Waals surface area contributed by atoms with E-state index < -0.39 is 50.7 Å². The second-order valence-electron chi connectivity index (χ2n) is 16.8. The van der Waals surface area contributed by atoms with E-state index in [1.54, 1.807) is 206 Å². The van der Waals surface area contributed by atoms with E-state index in [2.05, 4.69) is 20.1 Å². The number of hydrogen-bond acceptors (Lipinski definition) is 7. The van der Waals surface area contributed by atoms with Crippen LogP contribution in [-0.2, 0) is 21.2 Å². The first-order valence-corrected chi connectivity index (χ1v) is 27.3. The van der Waals surface area contributed by atoms with Gasteiger partial charge in [0.05, 0.1) is 0 Å². The van der Waals surface area contributed by atoms with Gasteiger partial charge in [-0.05, 0) is 0 Å². The summed E-state index contributed by atoms with van der Waals surface area (Å²) in [5.41, 5.74) is 16.0. The third kappa shape index (κ3) is 9.92. The zero-order valence-corrected chi connectivity index (χ0v) is 41.4. The molecule has 0 aliphatic carbocycles. The molecule has 0 saturated heterocycles. The van der Waals surface area contributed by atoms with Crippen molar-refractivity contribution in [1.29, 1.82) is 0 Å². The van der Waals surface area contributed by atoms with Crippen molar-refractivity contribution in [3.05, 3.63) is 281 Å². The Kier molecular flexibility index (Phi) is 14.7. The van der Waals surface area contributed by atoms with E-state index in [0.29, 0.717) is 44.0 Å². The minimum absolute atomic E-state index is 0.0148. The molecule has 11 nitrogen and oxygen atoms in total. The number of alkyl halides is 6. The maximum absolute atomic E-state index is 15.0. The first-order chi connectivity index (χ1) is 36.7. The molecule has 0 N–H and O–H groups in total. The van der Waals surface area contributed by atoms with E-state index in [-0.39, 0.29) is 28.9 Å². The number of azide groups is 2. The summed E-state index contributed by atoms with van der Waals surface area (Å²) >= 11 is 0. The van der Waals surface area contributed by atoms with Crippen LogP contribution >= 0.6 is 14.1 Å². The minimum atomic E-state index is -5.61. The molecule has 0 bridgehead atoms. The molecule has 9 rings (SSSR count).